The Morgan fingerprint density at radius 2 is 0.865 bits per heavy atom. The van der Waals surface area contributed by atoms with Crippen molar-refractivity contribution >= 4 is 70.1 Å². The second kappa shape index (κ2) is 12.7. The van der Waals surface area contributed by atoms with Gasteiger partial charge in [0.05, 0.1) is 0 Å². The van der Waals surface area contributed by atoms with Crippen molar-refractivity contribution in [3.8, 4) is 33.4 Å². The average molecular weight is 680 g/mol. The van der Waals surface area contributed by atoms with Crippen molar-refractivity contribution in [2.24, 2.45) is 0 Å². The minimum Gasteiger partial charge on any atom is -0.310 e. The first-order chi connectivity index (χ1) is 25.8. The number of nitrogens with zero attached hydrogens (tertiary/aromatic N) is 1. The van der Waals surface area contributed by atoms with E-state index in [9.17, 15) is 0 Å². The average Bonchev–Trinajstić information content (AvgIpc) is 3.61. The smallest absolute Gasteiger partial charge is 0.0467 e. The van der Waals surface area contributed by atoms with E-state index in [0.29, 0.717) is 0 Å². The minimum absolute atomic E-state index is 1.12. The first-order valence-electron chi connectivity index (χ1n) is 17.8. The van der Waals surface area contributed by atoms with Crippen LogP contribution < -0.4 is 4.90 Å². The molecule has 0 aliphatic heterocycles. The van der Waals surface area contributed by atoms with Gasteiger partial charge in [-0.1, -0.05) is 158 Å². The van der Waals surface area contributed by atoms with E-state index in [0.717, 1.165) is 17.1 Å². The van der Waals surface area contributed by atoms with Gasteiger partial charge in [-0.15, -0.1) is 11.3 Å². The number of para-hydroxylation sites is 1. The van der Waals surface area contributed by atoms with Crippen LogP contribution in [-0.4, -0.2) is 0 Å². The lowest BCUT2D eigenvalue weighted by molar-refractivity contribution is 1.28. The highest BCUT2D eigenvalue weighted by molar-refractivity contribution is 7.27. The molecule has 0 unspecified atom stereocenters. The summed E-state index contributed by atoms with van der Waals surface area (Å²) < 4.78 is 2.68. The predicted molar refractivity (Wildman–Crippen MR) is 225 cm³/mol. The molecule has 0 saturated heterocycles. The maximum atomic E-state index is 2.36. The zero-order valence-corrected chi connectivity index (χ0v) is 29.2. The Balaban J connectivity index is 1.07. The van der Waals surface area contributed by atoms with Crippen LogP contribution in [0.15, 0.2) is 200 Å². The zero-order chi connectivity index (χ0) is 34.4. The van der Waals surface area contributed by atoms with Crippen molar-refractivity contribution in [2.75, 3.05) is 4.90 Å². The molecule has 1 aromatic heterocycles. The maximum absolute atomic E-state index is 2.36. The van der Waals surface area contributed by atoms with Crippen LogP contribution in [0.25, 0.3) is 75.1 Å². The van der Waals surface area contributed by atoms with Gasteiger partial charge in [-0.3, -0.25) is 0 Å². The summed E-state index contributed by atoms with van der Waals surface area (Å²) in [5.41, 5.74) is 10.7. The molecular weight excluding hydrogens is 647 g/mol. The molecule has 0 atom stereocenters. The molecule has 244 valence electrons. The Labute approximate surface area is 307 Å². The fraction of sp³-hybridized carbons (Fsp3) is 0. The van der Waals surface area contributed by atoms with Crippen LogP contribution in [0.1, 0.15) is 0 Å². The van der Waals surface area contributed by atoms with E-state index in [1.807, 2.05) is 11.3 Å². The lowest BCUT2D eigenvalue weighted by atomic mass is 9.98. The minimum atomic E-state index is 1.12. The molecule has 2 heteroatoms. The van der Waals surface area contributed by atoms with E-state index in [1.165, 1.54) is 75.1 Å². The molecule has 1 heterocycles. The Hall–Kier alpha value is -6.48. The molecule has 1 nitrogen and oxygen atoms in total. The molecule has 10 aromatic rings. The molecule has 0 saturated carbocycles. The summed E-state index contributed by atoms with van der Waals surface area (Å²) in [5.74, 6) is 0. The number of anilines is 3. The van der Waals surface area contributed by atoms with E-state index >= 15 is 0 Å². The summed E-state index contributed by atoms with van der Waals surface area (Å²) in [7, 11) is 0. The first kappa shape index (κ1) is 30.4. The van der Waals surface area contributed by atoms with Gasteiger partial charge < -0.3 is 4.90 Å². The van der Waals surface area contributed by atoms with E-state index in [1.54, 1.807) is 0 Å². The van der Waals surface area contributed by atoms with Gasteiger partial charge in [-0.05, 0) is 92.0 Å². The highest BCUT2D eigenvalue weighted by atomic mass is 32.1. The Kier molecular flexibility index (Phi) is 7.41. The third kappa shape index (κ3) is 5.24. The summed E-state index contributed by atoms with van der Waals surface area (Å²) in [6.45, 7) is 0. The van der Waals surface area contributed by atoms with Gasteiger partial charge in [0.1, 0.15) is 0 Å². The molecule has 0 fully saturated rings. The van der Waals surface area contributed by atoms with Crippen molar-refractivity contribution in [3.05, 3.63) is 200 Å². The number of thiophene rings is 1. The normalized spacial score (nSPS) is 11.5. The van der Waals surface area contributed by atoms with Crippen LogP contribution in [0.2, 0.25) is 0 Å². The van der Waals surface area contributed by atoms with E-state index in [-0.39, 0.29) is 0 Å². The van der Waals surface area contributed by atoms with Gasteiger partial charge in [0.15, 0.2) is 0 Å². The quantitative estimate of drug-likeness (QED) is 0.158. The van der Waals surface area contributed by atoms with Gasteiger partial charge in [-0.2, -0.15) is 0 Å². The van der Waals surface area contributed by atoms with Crippen LogP contribution in [0.3, 0.4) is 0 Å². The molecule has 0 amide bonds. The monoisotopic (exact) mass is 679 g/mol. The fourth-order valence-electron chi connectivity index (χ4n) is 7.72. The maximum Gasteiger partial charge on any atom is 0.0467 e. The van der Waals surface area contributed by atoms with Gasteiger partial charge in [0.2, 0.25) is 0 Å². The summed E-state index contributed by atoms with van der Waals surface area (Å²) in [5, 5.41) is 7.86. The SMILES string of the molecule is c1ccc(-c2cccc(-c3ccc(N(c4ccccc4)c4cccc(-c5cccc6c5sc5c6ccc6ccc7ccccc7c65)c4)cc3)c2)cc1. The Morgan fingerprint density at radius 3 is 1.69 bits per heavy atom. The van der Waals surface area contributed by atoms with Crippen LogP contribution in [0, 0.1) is 0 Å². The lowest BCUT2D eigenvalue weighted by Gasteiger charge is -2.26. The van der Waals surface area contributed by atoms with Crippen molar-refractivity contribution in [3.63, 3.8) is 0 Å². The number of benzene rings is 9. The summed E-state index contributed by atoms with van der Waals surface area (Å²) >= 11 is 1.92. The van der Waals surface area contributed by atoms with Crippen LogP contribution in [0.4, 0.5) is 17.1 Å². The topological polar surface area (TPSA) is 3.24 Å². The van der Waals surface area contributed by atoms with Crippen molar-refractivity contribution < 1.29 is 0 Å². The second-order valence-electron chi connectivity index (χ2n) is 13.3. The molecule has 0 N–H and O–H groups in total. The molecule has 52 heavy (non-hydrogen) atoms. The van der Waals surface area contributed by atoms with Crippen molar-refractivity contribution in [2.45, 2.75) is 0 Å². The zero-order valence-electron chi connectivity index (χ0n) is 28.4. The van der Waals surface area contributed by atoms with Gasteiger partial charge >= 0.3 is 0 Å². The number of hydrogen-bond donors (Lipinski definition) is 0. The van der Waals surface area contributed by atoms with Crippen LogP contribution in [0.5, 0.6) is 0 Å². The standard InChI is InChI=1S/C50H33NS/c1-3-12-34(13-4-1)38-15-9-16-39(32-38)35-26-29-42(30-27-35)51(41-18-5-2-6-19-41)43-20-10-17-40(33-43)45-22-11-23-46-47-31-28-37-25-24-36-14-7-8-21-44(36)48(37)50(47)52-49(45)46/h1-33H. The number of hydrogen-bond acceptors (Lipinski definition) is 2. The summed E-state index contributed by atoms with van der Waals surface area (Å²) in [6, 6.07) is 72.7. The van der Waals surface area contributed by atoms with Crippen molar-refractivity contribution in [1.29, 1.82) is 0 Å². The van der Waals surface area contributed by atoms with E-state index in [2.05, 4.69) is 205 Å². The highest BCUT2D eigenvalue weighted by Crippen LogP contribution is 2.45. The third-order valence-corrected chi connectivity index (χ3v) is 11.5. The largest absolute Gasteiger partial charge is 0.310 e. The van der Waals surface area contributed by atoms with Gasteiger partial charge in [0, 0.05) is 42.6 Å². The van der Waals surface area contributed by atoms with Crippen LogP contribution in [-0.2, 0) is 0 Å². The molecule has 0 aliphatic rings. The Bertz CT molecular complexity index is 2890. The second-order valence-corrected chi connectivity index (χ2v) is 14.3. The number of rotatable bonds is 6. The lowest BCUT2D eigenvalue weighted by Crippen LogP contribution is -2.09. The molecule has 0 radical (unpaired) electrons. The highest BCUT2D eigenvalue weighted by Gasteiger charge is 2.17. The van der Waals surface area contributed by atoms with E-state index in [4.69, 9.17) is 0 Å². The third-order valence-electron chi connectivity index (χ3n) is 10.2. The van der Waals surface area contributed by atoms with Crippen LogP contribution >= 0.6 is 11.3 Å². The summed E-state index contributed by atoms with van der Waals surface area (Å²) in [6.07, 6.45) is 0. The molecule has 0 bridgehead atoms. The first-order valence-corrected chi connectivity index (χ1v) is 18.6. The predicted octanol–water partition coefficient (Wildman–Crippen LogP) is 14.8. The Morgan fingerprint density at radius 1 is 0.308 bits per heavy atom. The fourth-order valence-corrected chi connectivity index (χ4v) is 9.13. The van der Waals surface area contributed by atoms with E-state index < -0.39 is 0 Å². The molecule has 10 rings (SSSR count). The van der Waals surface area contributed by atoms with Gasteiger partial charge in [0.25, 0.3) is 0 Å². The summed E-state index contributed by atoms with van der Waals surface area (Å²) in [4.78, 5) is 2.36. The number of fused-ring (bicyclic) bond motifs is 7. The molecule has 9 aromatic carbocycles. The molecule has 0 spiro atoms. The van der Waals surface area contributed by atoms with Crippen molar-refractivity contribution in [1.82, 2.24) is 0 Å². The molecule has 0 aliphatic carbocycles. The molecular formula is C50H33NS. The van der Waals surface area contributed by atoms with Gasteiger partial charge in [-0.25, -0.2) is 0 Å².